The van der Waals surface area contributed by atoms with Crippen LogP contribution in [0.15, 0.2) is 42.6 Å². The number of nitrogens with one attached hydrogen (secondary N) is 1. The number of rotatable bonds is 5. The minimum Gasteiger partial charge on any atom is -0.311 e. The Kier molecular flexibility index (Phi) is 4.42. The van der Waals surface area contributed by atoms with Crippen molar-refractivity contribution < 1.29 is 0 Å². The lowest BCUT2D eigenvalue weighted by molar-refractivity contribution is 0.606. The number of nitrogens with zero attached hydrogens (tertiary/aromatic N) is 2. The molecular formula is C15H19N3. The van der Waals surface area contributed by atoms with E-state index >= 15 is 0 Å². The van der Waals surface area contributed by atoms with Crippen LogP contribution in [0.5, 0.6) is 0 Å². The van der Waals surface area contributed by atoms with E-state index in [4.69, 9.17) is 0 Å². The Bertz CT molecular complexity index is 482. The summed E-state index contributed by atoms with van der Waals surface area (Å²) in [6.07, 6.45) is 1.81. The molecule has 2 rings (SSSR count). The summed E-state index contributed by atoms with van der Waals surface area (Å²) in [4.78, 5) is 8.46. The molecule has 0 aliphatic carbocycles. The van der Waals surface area contributed by atoms with Gasteiger partial charge in [0.15, 0.2) is 0 Å². The number of benzene rings is 1. The van der Waals surface area contributed by atoms with Crippen LogP contribution < -0.4 is 5.32 Å². The summed E-state index contributed by atoms with van der Waals surface area (Å²) in [7, 11) is 0. The van der Waals surface area contributed by atoms with Crippen molar-refractivity contribution in [2.24, 2.45) is 0 Å². The van der Waals surface area contributed by atoms with Crippen LogP contribution >= 0.6 is 0 Å². The first-order valence-corrected chi connectivity index (χ1v) is 6.30. The van der Waals surface area contributed by atoms with Crippen LogP contribution in [0, 0.1) is 6.92 Å². The second kappa shape index (κ2) is 6.26. The highest BCUT2D eigenvalue weighted by Crippen LogP contribution is 2.13. The van der Waals surface area contributed by atoms with Crippen molar-refractivity contribution in [3.05, 3.63) is 59.7 Å². The van der Waals surface area contributed by atoms with Gasteiger partial charge < -0.3 is 5.32 Å². The van der Waals surface area contributed by atoms with Gasteiger partial charge in [-0.15, -0.1) is 0 Å². The Morgan fingerprint density at radius 1 is 1.17 bits per heavy atom. The van der Waals surface area contributed by atoms with Crippen molar-refractivity contribution in [2.45, 2.75) is 26.3 Å². The van der Waals surface area contributed by atoms with E-state index in [2.05, 4.69) is 46.5 Å². The third-order valence-electron chi connectivity index (χ3n) is 2.96. The van der Waals surface area contributed by atoms with Crippen molar-refractivity contribution in [3.63, 3.8) is 0 Å². The molecule has 0 saturated carbocycles. The molecule has 0 aliphatic rings. The van der Waals surface area contributed by atoms with Gasteiger partial charge in [0.1, 0.15) is 5.82 Å². The molecule has 0 bridgehead atoms. The van der Waals surface area contributed by atoms with Gasteiger partial charge in [0.2, 0.25) is 0 Å². The van der Waals surface area contributed by atoms with Gasteiger partial charge >= 0.3 is 0 Å². The summed E-state index contributed by atoms with van der Waals surface area (Å²) in [6, 6.07) is 12.5. The summed E-state index contributed by atoms with van der Waals surface area (Å²) < 4.78 is 0. The third-order valence-corrected chi connectivity index (χ3v) is 2.96. The van der Waals surface area contributed by atoms with Gasteiger partial charge in [0.25, 0.3) is 0 Å². The highest BCUT2D eigenvalue weighted by molar-refractivity contribution is 5.19. The minimum atomic E-state index is 0.508. The van der Waals surface area contributed by atoms with Crippen LogP contribution in [0.4, 0.5) is 0 Å². The Morgan fingerprint density at radius 2 is 1.94 bits per heavy atom. The maximum Gasteiger partial charge on any atom is 0.125 e. The Labute approximate surface area is 108 Å². The Morgan fingerprint density at radius 3 is 2.67 bits per heavy atom. The first kappa shape index (κ1) is 12.7. The van der Waals surface area contributed by atoms with E-state index in [1.165, 1.54) is 5.56 Å². The predicted molar refractivity (Wildman–Crippen MR) is 73.3 cm³/mol. The lowest BCUT2D eigenvalue weighted by Crippen LogP contribution is -2.20. The normalized spacial score (nSPS) is 12.3. The fourth-order valence-electron chi connectivity index (χ4n) is 1.92. The zero-order chi connectivity index (χ0) is 12.8. The van der Waals surface area contributed by atoms with E-state index in [9.17, 15) is 0 Å². The molecule has 1 atom stereocenters. The van der Waals surface area contributed by atoms with Gasteiger partial charge in [0.05, 0.1) is 5.69 Å². The van der Waals surface area contributed by atoms with Crippen LogP contribution in [0.1, 0.15) is 29.9 Å². The monoisotopic (exact) mass is 241 g/mol. The Hall–Kier alpha value is -1.74. The van der Waals surface area contributed by atoms with Crippen molar-refractivity contribution in [3.8, 4) is 0 Å². The minimum absolute atomic E-state index is 0.508. The predicted octanol–water partition coefficient (Wildman–Crippen LogP) is 2.68. The number of hydrogen-bond donors (Lipinski definition) is 1. The van der Waals surface area contributed by atoms with Crippen LogP contribution in [-0.4, -0.2) is 16.5 Å². The SMILES string of the molecule is Cc1nccc(CNCC(C)c2ccccc2)n1. The van der Waals surface area contributed by atoms with E-state index in [1.54, 1.807) is 6.20 Å². The van der Waals surface area contributed by atoms with Gasteiger partial charge in [-0.3, -0.25) is 0 Å². The van der Waals surface area contributed by atoms with Crippen LogP contribution in [0.25, 0.3) is 0 Å². The van der Waals surface area contributed by atoms with Crippen molar-refractivity contribution in [1.29, 1.82) is 0 Å². The lowest BCUT2D eigenvalue weighted by Gasteiger charge is -2.12. The quantitative estimate of drug-likeness (QED) is 0.874. The largest absolute Gasteiger partial charge is 0.311 e. The van der Waals surface area contributed by atoms with Gasteiger partial charge in [-0.2, -0.15) is 0 Å². The van der Waals surface area contributed by atoms with E-state index in [1.807, 2.05) is 19.1 Å². The van der Waals surface area contributed by atoms with Crippen LogP contribution in [0.3, 0.4) is 0 Å². The zero-order valence-corrected chi connectivity index (χ0v) is 10.9. The summed E-state index contributed by atoms with van der Waals surface area (Å²) >= 11 is 0. The summed E-state index contributed by atoms with van der Waals surface area (Å²) in [5, 5.41) is 3.44. The average Bonchev–Trinajstić information content (AvgIpc) is 2.40. The smallest absolute Gasteiger partial charge is 0.125 e. The molecule has 0 aliphatic heterocycles. The van der Waals surface area contributed by atoms with E-state index in [0.29, 0.717) is 5.92 Å². The fourth-order valence-corrected chi connectivity index (χ4v) is 1.92. The fraction of sp³-hybridized carbons (Fsp3) is 0.333. The van der Waals surface area contributed by atoms with Crippen LogP contribution in [0.2, 0.25) is 0 Å². The second-order valence-corrected chi connectivity index (χ2v) is 4.54. The second-order valence-electron chi connectivity index (χ2n) is 4.54. The van der Waals surface area contributed by atoms with Gasteiger partial charge in [-0.05, 0) is 24.5 Å². The van der Waals surface area contributed by atoms with Crippen molar-refractivity contribution in [2.75, 3.05) is 6.54 Å². The molecule has 0 radical (unpaired) electrons. The Balaban J connectivity index is 1.82. The molecule has 3 nitrogen and oxygen atoms in total. The molecule has 1 aromatic heterocycles. The highest BCUT2D eigenvalue weighted by atomic mass is 14.9. The van der Waals surface area contributed by atoms with Gasteiger partial charge in [-0.25, -0.2) is 9.97 Å². The number of aryl methyl sites for hydroxylation is 1. The first-order chi connectivity index (χ1) is 8.75. The molecule has 1 unspecified atom stereocenters. The maximum atomic E-state index is 4.37. The molecule has 0 fully saturated rings. The zero-order valence-electron chi connectivity index (χ0n) is 10.9. The van der Waals surface area contributed by atoms with E-state index in [-0.39, 0.29) is 0 Å². The first-order valence-electron chi connectivity index (χ1n) is 6.30. The molecule has 1 heterocycles. The van der Waals surface area contributed by atoms with Crippen molar-refractivity contribution in [1.82, 2.24) is 15.3 Å². The molecule has 0 amide bonds. The highest BCUT2D eigenvalue weighted by Gasteiger charge is 2.04. The van der Waals surface area contributed by atoms with Gasteiger partial charge in [-0.1, -0.05) is 37.3 Å². The van der Waals surface area contributed by atoms with Gasteiger partial charge in [0, 0.05) is 19.3 Å². The summed E-state index contributed by atoms with van der Waals surface area (Å²) in [5.41, 5.74) is 2.41. The summed E-state index contributed by atoms with van der Waals surface area (Å²) in [6.45, 7) is 5.89. The molecule has 1 aromatic carbocycles. The molecule has 0 saturated heterocycles. The van der Waals surface area contributed by atoms with E-state index < -0.39 is 0 Å². The number of hydrogen-bond acceptors (Lipinski definition) is 3. The molecule has 1 N–H and O–H groups in total. The molecule has 2 aromatic rings. The summed E-state index contributed by atoms with van der Waals surface area (Å²) in [5.74, 6) is 1.33. The molecule has 0 spiro atoms. The maximum absolute atomic E-state index is 4.37. The molecule has 94 valence electrons. The topological polar surface area (TPSA) is 37.8 Å². The average molecular weight is 241 g/mol. The van der Waals surface area contributed by atoms with Crippen molar-refractivity contribution >= 4 is 0 Å². The molecule has 18 heavy (non-hydrogen) atoms. The standard InChI is InChI=1S/C15H19N3/c1-12(14-6-4-3-5-7-14)10-16-11-15-8-9-17-13(2)18-15/h3-9,12,16H,10-11H2,1-2H3. The lowest BCUT2D eigenvalue weighted by atomic mass is 10.0. The van der Waals surface area contributed by atoms with Crippen LogP contribution in [-0.2, 0) is 6.54 Å². The van der Waals surface area contributed by atoms with E-state index in [0.717, 1.165) is 24.6 Å². The third kappa shape index (κ3) is 3.64. The number of aromatic nitrogens is 2. The molecule has 3 heteroatoms. The molecular weight excluding hydrogens is 222 g/mol.